The fraction of sp³-hybridized carbons (Fsp3) is 0.500. The fourth-order valence-electron chi connectivity index (χ4n) is 2.43. The van der Waals surface area contributed by atoms with Gasteiger partial charge < -0.3 is 16.0 Å². The molecule has 5 heteroatoms. The summed E-state index contributed by atoms with van der Waals surface area (Å²) < 4.78 is 13.0. The molecule has 1 aliphatic rings. The van der Waals surface area contributed by atoms with Crippen LogP contribution in [0.1, 0.15) is 26.7 Å². The van der Waals surface area contributed by atoms with E-state index in [0.717, 1.165) is 12.8 Å². The van der Waals surface area contributed by atoms with Crippen molar-refractivity contribution in [1.29, 1.82) is 0 Å². The van der Waals surface area contributed by atoms with Gasteiger partial charge in [-0.05, 0) is 44.9 Å². The van der Waals surface area contributed by atoms with Gasteiger partial charge in [-0.2, -0.15) is 0 Å². The maximum atomic E-state index is 13.0. The summed E-state index contributed by atoms with van der Waals surface area (Å²) in [4.78, 5) is 11.8. The van der Waals surface area contributed by atoms with E-state index in [-0.39, 0.29) is 23.9 Å². The van der Waals surface area contributed by atoms with Crippen LogP contribution in [-0.2, 0) is 0 Å². The number of urea groups is 1. The van der Waals surface area contributed by atoms with Crippen LogP contribution in [0.4, 0.5) is 14.9 Å². The Balaban J connectivity index is 1.87. The van der Waals surface area contributed by atoms with Gasteiger partial charge in [0.1, 0.15) is 5.82 Å². The Bertz CT molecular complexity index is 452. The molecule has 2 amide bonds. The van der Waals surface area contributed by atoms with Gasteiger partial charge in [0.05, 0.1) is 0 Å². The summed E-state index contributed by atoms with van der Waals surface area (Å²) >= 11 is 0. The molecule has 104 valence electrons. The lowest BCUT2D eigenvalue weighted by Gasteiger charge is -2.34. The highest BCUT2D eigenvalue weighted by atomic mass is 19.1. The third-order valence-corrected chi connectivity index (χ3v) is 3.46. The summed E-state index contributed by atoms with van der Waals surface area (Å²) in [6, 6.07) is 6.40. The van der Waals surface area contributed by atoms with E-state index in [0.29, 0.717) is 11.7 Å². The average molecular weight is 265 g/mol. The van der Waals surface area contributed by atoms with Crippen molar-refractivity contribution in [3.63, 3.8) is 0 Å². The monoisotopic (exact) mass is 265 g/mol. The molecule has 3 atom stereocenters. The standard InChI is InChI=1S/C14H20FN3O/c1-9-6-7-13(10(2)16-9)18-14(19)17-12-5-3-4-11(15)8-12/h3-5,8-10,13,16H,6-7H2,1-2H3,(H2,17,18,19). The zero-order chi connectivity index (χ0) is 13.8. The highest BCUT2D eigenvalue weighted by Gasteiger charge is 2.25. The number of piperidine rings is 1. The molecule has 1 heterocycles. The van der Waals surface area contributed by atoms with Gasteiger partial charge in [0.25, 0.3) is 0 Å². The van der Waals surface area contributed by atoms with Crippen LogP contribution in [0.15, 0.2) is 24.3 Å². The Labute approximate surface area is 112 Å². The number of amides is 2. The summed E-state index contributed by atoms with van der Waals surface area (Å²) in [6.07, 6.45) is 1.99. The minimum Gasteiger partial charge on any atom is -0.334 e. The lowest BCUT2D eigenvalue weighted by atomic mass is 9.95. The summed E-state index contributed by atoms with van der Waals surface area (Å²) in [5.41, 5.74) is 0.460. The van der Waals surface area contributed by atoms with E-state index in [1.54, 1.807) is 12.1 Å². The van der Waals surface area contributed by atoms with Crippen molar-refractivity contribution in [1.82, 2.24) is 10.6 Å². The van der Waals surface area contributed by atoms with Crippen LogP contribution < -0.4 is 16.0 Å². The van der Waals surface area contributed by atoms with Crippen LogP contribution in [0.3, 0.4) is 0 Å². The molecule has 0 aromatic heterocycles. The number of carbonyl (C=O) groups is 1. The third kappa shape index (κ3) is 3.92. The molecule has 0 aliphatic carbocycles. The highest BCUT2D eigenvalue weighted by Crippen LogP contribution is 2.14. The molecule has 1 saturated heterocycles. The van der Waals surface area contributed by atoms with Crippen molar-refractivity contribution >= 4 is 11.7 Å². The Morgan fingerprint density at radius 2 is 2.16 bits per heavy atom. The fourth-order valence-corrected chi connectivity index (χ4v) is 2.43. The molecular weight excluding hydrogens is 245 g/mol. The molecule has 1 aliphatic heterocycles. The molecule has 1 aromatic rings. The largest absolute Gasteiger partial charge is 0.334 e. The predicted octanol–water partition coefficient (Wildman–Crippen LogP) is 2.48. The number of anilines is 1. The van der Waals surface area contributed by atoms with E-state index in [1.807, 2.05) is 0 Å². The molecule has 3 unspecified atom stereocenters. The molecule has 0 saturated carbocycles. The van der Waals surface area contributed by atoms with E-state index in [2.05, 4.69) is 29.8 Å². The van der Waals surface area contributed by atoms with Crippen LogP contribution >= 0.6 is 0 Å². The van der Waals surface area contributed by atoms with Crippen molar-refractivity contribution in [2.45, 2.75) is 44.8 Å². The average Bonchev–Trinajstić information content (AvgIpc) is 2.33. The number of rotatable bonds is 2. The van der Waals surface area contributed by atoms with Gasteiger partial charge in [0.2, 0.25) is 0 Å². The SMILES string of the molecule is CC1CCC(NC(=O)Nc2cccc(F)c2)C(C)N1. The molecule has 0 spiro atoms. The van der Waals surface area contributed by atoms with Gasteiger partial charge in [0, 0.05) is 23.8 Å². The Hall–Kier alpha value is -1.62. The first kappa shape index (κ1) is 13.8. The van der Waals surface area contributed by atoms with Gasteiger partial charge in [-0.15, -0.1) is 0 Å². The summed E-state index contributed by atoms with van der Waals surface area (Å²) in [6.45, 7) is 4.20. The highest BCUT2D eigenvalue weighted by molar-refractivity contribution is 5.89. The second-order valence-electron chi connectivity index (χ2n) is 5.15. The van der Waals surface area contributed by atoms with E-state index in [4.69, 9.17) is 0 Å². The number of hydrogen-bond donors (Lipinski definition) is 3. The number of benzene rings is 1. The van der Waals surface area contributed by atoms with Crippen LogP contribution in [-0.4, -0.2) is 24.2 Å². The van der Waals surface area contributed by atoms with Crippen LogP contribution in [0.5, 0.6) is 0 Å². The predicted molar refractivity (Wildman–Crippen MR) is 73.6 cm³/mol. The van der Waals surface area contributed by atoms with E-state index in [9.17, 15) is 9.18 Å². The van der Waals surface area contributed by atoms with E-state index >= 15 is 0 Å². The number of nitrogens with one attached hydrogen (secondary N) is 3. The molecule has 0 radical (unpaired) electrons. The molecule has 1 fully saturated rings. The summed E-state index contributed by atoms with van der Waals surface area (Å²) in [7, 11) is 0. The maximum Gasteiger partial charge on any atom is 0.319 e. The molecule has 3 N–H and O–H groups in total. The normalized spacial score (nSPS) is 26.8. The van der Waals surface area contributed by atoms with E-state index in [1.165, 1.54) is 12.1 Å². The second-order valence-corrected chi connectivity index (χ2v) is 5.15. The smallest absolute Gasteiger partial charge is 0.319 e. The number of carbonyl (C=O) groups excluding carboxylic acids is 1. The third-order valence-electron chi connectivity index (χ3n) is 3.46. The summed E-state index contributed by atoms with van der Waals surface area (Å²) in [5, 5.41) is 8.97. The Morgan fingerprint density at radius 3 is 2.84 bits per heavy atom. The molecular formula is C14H20FN3O. The van der Waals surface area contributed by atoms with Gasteiger partial charge in [0.15, 0.2) is 0 Å². The van der Waals surface area contributed by atoms with Crippen LogP contribution in [0.2, 0.25) is 0 Å². The first-order chi connectivity index (χ1) is 9.04. The molecule has 2 rings (SSSR count). The van der Waals surface area contributed by atoms with Gasteiger partial charge in [-0.25, -0.2) is 9.18 Å². The minimum absolute atomic E-state index is 0.102. The molecule has 1 aromatic carbocycles. The summed E-state index contributed by atoms with van der Waals surface area (Å²) in [5.74, 6) is -0.362. The Kier molecular flexibility index (Phi) is 4.37. The lowest BCUT2D eigenvalue weighted by Crippen LogP contribution is -2.55. The van der Waals surface area contributed by atoms with Crippen LogP contribution in [0.25, 0.3) is 0 Å². The first-order valence-electron chi connectivity index (χ1n) is 6.64. The molecule has 19 heavy (non-hydrogen) atoms. The Morgan fingerprint density at radius 1 is 1.37 bits per heavy atom. The zero-order valence-corrected chi connectivity index (χ0v) is 11.2. The quantitative estimate of drug-likeness (QED) is 0.769. The zero-order valence-electron chi connectivity index (χ0n) is 11.2. The van der Waals surface area contributed by atoms with Gasteiger partial charge in [-0.3, -0.25) is 0 Å². The molecule has 0 bridgehead atoms. The van der Waals surface area contributed by atoms with Crippen molar-refractivity contribution in [2.75, 3.05) is 5.32 Å². The van der Waals surface area contributed by atoms with Gasteiger partial charge >= 0.3 is 6.03 Å². The number of halogens is 1. The lowest BCUT2D eigenvalue weighted by molar-refractivity contribution is 0.232. The second kappa shape index (κ2) is 6.02. The van der Waals surface area contributed by atoms with Crippen molar-refractivity contribution in [2.24, 2.45) is 0 Å². The van der Waals surface area contributed by atoms with Crippen molar-refractivity contribution < 1.29 is 9.18 Å². The first-order valence-corrected chi connectivity index (χ1v) is 6.64. The van der Waals surface area contributed by atoms with Crippen LogP contribution in [0, 0.1) is 5.82 Å². The van der Waals surface area contributed by atoms with Crippen molar-refractivity contribution in [3.8, 4) is 0 Å². The van der Waals surface area contributed by atoms with Gasteiger partial charge in [-0.1, -0.05) is 6.07 Å². The van der Waals surface area contributed by atoms with E-state index < -0.39 is 0 Å². The topological polar surface area (TPSA) is 53.2 Å². The van der Waals surface area contributed by atoms with Crippen molar-refractivity contribution in [3.05, 3.63) is 30.1 Å². The minimum atomic E-state index is -0.362. The maximum absolute atomic E-state index is 13.0. The number of hydrogen-bond acceptors (Lipinski definition) is 2. The molecule has 4 nitrogen and oxygen atoms in total.